The van der Waals surface area contributed by atoms with Gasteiger partial charge in [-0.3, -0.25) is 9.69 Å². The normalized spacial score (nSPS) is 17.4. The van der Waals surface area contributed by atoms with Crippen LogP contribution in [0.2, 0.25) is 5.02 Å². The number of carbonyl (C=O) groups excluding carboxylic acids is 1. The van der Waals surface area contributed by atoms with Gasteiger partial charge >= 0.3 is 0 Å². The van der Waals surface area contributed by atoms with E-state index in [4.69, 9.17) is 16.1 Å². The minimum absolute atomic E-state index is 0.0539. The van der Waals surface area contributed by atoms with Gasteiger partial charge in [0, 0.05) is 17.8 Å². The first-order chi connectivity index (χ1) is 13.7. The Balaban J connectivity index is 1.38. The Bertz CT molecular complexity index is 944. The minimum Gasteiger partial charge on any atom is -0.338 e. The maximum absolute atomic E-state index is 12.6. The van der Waals surface area contributed by atoms with Gasteiger partial charge in [-0.2, -0.15) is 4.98 Å². The Morgan fingerprint density at radius 1 is 1.18 bits per heavy atom. The third kappa shape index (κ3) is 4.40. The van der Waals surface area contributed by atoms with E-state index >= 15 is 0 Å². The molecule has 7 heteroatoms. The van der Waals surface area contributed by atoms with Crippen LogP contribution in [0.15, 0.2) is 59.1 Å². The largest absolute Gasteiger partial charge is 0.338 e. The molecule has 1 N–H and O–H groups in total. The minimum atomic E-state index is -0.0556. The van der Waals surface area contributed by atoms with Crippen LogP contribution in [0, 0.1) is 5.92 Å². The summed E-state index contributed by atoms with van der Waals surface area (Å²) in [7, 11) is 0. The van der Waals surface area contributed by atoms with Crippen LogP contribution in [0.5, 0.6) is 0 Å². The number of rotatable bonds is 5. The number of piperidine rings is 1. The molecule has 1 amide bonds. The molecule has 1 saturated heterocycles. The molecule has 0 radical (unpaired) electrons. The SMILES string of the molecule is O=C(Nc1ccccc1)C1CCCN(Cc2nc(-c3ccccc3Cl)no2)C1. The standard InChI is InChI=1S/C21H21ClN4O2/c22-18-11-5-4-10-17(18)20-24-19(28-25-20)14-26-12-6-7-15(13-26)21(27)23-16-8-2-1-3-9-16/h1-5,8-11,15H,6-7,12-14H2,(H,23,27). The highest BCUT2D eigenvalue weighted by Gasteiger charge is 2.27. The molecule has 0 saturated carbocycles. The van der Waals surface area contributed by atoms with Crippen molar-refractivity contribution >= 4 is 23.2 Å². The van der Waals surface area contributed by atoms with Crippen molar-refractivity contribution in [2.75, 3.05) is 18.4 Å². The predicted octanol–water partition coefficient (Wildman–Crippen LogP) is 4.24. The first kappa shape index (κ1) is 18.7. The van der Waals surface area contributed by atoms with Gasteiger partial charge in [0.2, 0.25) is 17.6 Å². The van der Waals surface area contributed by atoms with Gasteiger partial charge in [0.15, 0.2) is 0 Å². The molecule has 1 aliphatic heterocycles. The molecule has 0 spiro atoms. The van der Waals surface area contributed by atoms with Gasteiger partial charge in [0.05, 0.1) is 17.5 Å². The number of halogens is 1. The molecule has 1 unspecified atom stereocenters. The van der Waals surface area contributed by atoms with Crippen LogP contribution >= 0.6 is 11.6 Å². The summed E-state index contributed by atoms with van der Waals surface area (Å²) in [5.41, 5.74) is 1.57. The predicted molar refractivity (Wildman–Crippen MR) is 108 cm³/mol. The topological polar surface area (TPSA) is 71.3 Å². The molecule has 6 nitrogen and oxygen atoms in total. The fourth-order valence-corrected chi connectivity index (χ4v) is 3.66. The van der Waals surface area contributed by atoms with E-state index in [1.807, 2.05) is 48.5 Å². The zero-order valence-corrected chi connectivity index (χ0v) is 16.1. The van der Waals surface area contributed by atoms with Crippen molar-refractivity contribution in [1.29, 1.82) is 0 Å². The average Bonchev–Trinajstić information content (AvgIpc) is 3.17. The average molecular weight is 397 g/mol. The number of benzene rings is 2. The summed E-state index contributed by atoms with van der Waals surface area (Å²) in [6, 6.07) is 17.0. The molecule has 0 aliphatic carbocycles. The van der Waals surface area contributed by atoms with Gasteiger partial charge in [-0.1, -0.05) is 47.1 Å². The Morgan fingerprint density at radius 3 is 2.79 bits per heavy atom. The van der Waals surface area contributed by atoms with Crippen molar-refractivity contribution in [3.63, 3.8) is 0 Å². The second kappa shape index (κ2) is 8.54. The molecule has 1 aliphatic rings. The zero-order valence-electron chi connectivity index (χ0n) is 15.3. The third-order valence-corrected chi connectivity index (χ3v) is 5.19. The monoisotopic (exact) mass is 396 g/mol. The van der Waals surface area contributed by atoms with Crippen LogP contribution in [0.25, 0.3) is 11.4 Å². The summed E-state index contributed by atoms with van der Waals surface area (Å²) in [4.78, 5) is 19.2. The molecular weight excluding hydrogens is 376 g/mol. The lowest BCUT2D eigenvalue weighted by Crippen LogP contribution is -2.40. The van der Waals surface area contributed by atoms with Gasteiger partial charge in [0.1, 0.15) is 0 Å². The molecular formula is C21H21ClN4O2. The Labute approximate surface area is 168 Å². The summed E-state index contributed by atoms with van der Waals surface area (Å²) in [5.74, 6) is 1.01. The number of amides is 1. The quantitative estimate of drug-likeness (QED) is 0.698. The Hall–Kier alpha value is -2.70. The summed E-state index contributed by atoms with van der Waals surface area (Å²) in [6.45, 7) is 2.09. The number of nitrogens with one attached hydrogen (secondary N) is 1. The van der Waals surface area contributed by atoms with Crippen LogP contribution in [0.3, 0.4) is 0 Å². The molecule has 144 valence electrons. The molecule has 28 heavy (non-hydrogen) atoms. The van der Waals surface area contributed by atoms with Gasteiger partial charge in [-0.15, -0.1) is 0 Å². The smallest absolute Gasteiger partial charge is 0.241 e. The highest BCUT2D eigenvalue weighted by atomic mass is 35.5. The molecule has 1 atom stereocenters. The fourth-order valence-electron chi connectivity index (χ4n) is 3.44. The van der Waals surface area contributed by atoms with E-state index in [1.165, 1.54) is 0 Å². The van der Waals surface area contributed by atoms with E-state index < -0.39 is 0 Å². The Kier molecular flexibility index (Phi) is 5.69. The van der Waals surface area contributed by atoms with Crippen LogP contribution < -0.4 is 5.32 Å². The zero-order chi connectivity index (χ0) is 19.3. The summed E-state index contributed by atoms with van der Waals surface area (Å²) < 4.78 is 5.41. The highest BCUT2D eigenvalue weighted by Crippen LogP contribution is 2.26. The molecule has 3 aromatic rings. The molecule has 2 heterocycles. The van der Waals surface area contributed by atoms with Crippen molar-refractivity contribution < 1.29 is 9.32 Å². The van der Waals surface area contributed by atoms with Crippen LogP contribution in [0.4, 0.5) is 5.69 Å². The first-order valence-corrected chi connectivity index (χ1v) is 9.72. The number of likely N-dealkylation sites (tertiary alicyclic amines) is 1. The molecule has 1 fully saturated rings. The number of para-hydroxylation sites is 1. The van der Waals surface area contributed by atoms with E-state index in [1.54, 1.807) is 6.07 Å². The van der Waals surface area contributed by atoms with Gasteiger partial charge < -0.3 is 9.84 Å². The summed E-state index contributed by atoms with van der Waals surface area (Å²) in [5, 5.41) is 7.63. The van der Waals surface area contributed by atoms with Gasteiger partial charge in [0.25, 0.3) is 0 Å². The van der Waals surface area contributed by atoms with Crippen LogP contribution in [-0.2, 0) is 11.3 Å². The Morgan fingerprint density at radius 2 is 1.96 bits per heavy atom. The highest BCUT2D eigenvalue weighted by molar-refractivity contribution is 6.33. The van der Waals surface area contributed by atoms with Crippen molar-refractivity contribution in [2.24, 2.45) is 5.92 Å². The van der Waals surface area contributed by atoms with Gasteiger partial charge in [-0.05, 0) is 43.7 Å². The van der Waals surface area contributed by atoms with E-state index in [9.17, 15) is 4.79 Å². The fraction of sp³-hybridized carbons (Fsp3) is 0.286. The number of carbonyl (C=O) groups is 1. The summed E-state index contributed by atoms with van der Waals surface area (Å²) in [6.07, 6.45) is 1.84. The maximum atomic E-state index is 12.6. The van der Waals surface area contributed by atoms with Crippen LogP contribution in [0.1, 0.15) is 18.7 Å². The van der Waals surface area contributed by atoms with Crippen LogP contribution in [-0.4, -0.2) is 34.0 Å². The number of hydrogen-bond donors (Lipinski definition) is 1. The first-order valence-electron chi connectivity index (χ1n) is 9.35. The third-order valence-electron chi connectivity index (χ3n) is 4.86. The number of nitrogens with zero attached hydrogens (tertiary/aromatic N) is 3. The second-order valence-electron chi connectivity index (χ2n) is 6.92. The van der Waals surface area contributed by atoms with E-state index in [-0.39, 0.29) is 11.8 Å². The van der Waals surface area contributed by atoms with Crippen molar-refractivity contribution in [2.45, 2.75) is 19.4 Å². The molecule has 0 bridgehead atoms. The number of hydrogen-bond acceptors (Lipinski definition) is 5. The second-order valence-corrected chi connectivity index (χ2v) is 7.33. The van der Waals surface area contributed by atoms with Crippen molar-refractivity contribution in [1.82, 2.24) is 15.0 Å². The van der Waals surface area contributed by atoms with E-state index in [0.29, 0.717) is 29.8 Å². The van der Waals surface area contributed by atoms with Crippen molar-refractivity contribution in [3.8, 4) is 11.4 Å². The van der Waals surface area contributed by atoms with E-state index in [0.717, 1.165) is 30.6 Å². The molecule has 4 rings (SSSR count). The maximum Gasteiger partial charge on any atom is 0.241 e. The van der Waals surface area contributed by atoms with Gasteiger partial charge in [-0.25, -0.2) is 0 Å². The summed E-state index contributed by atoms with van der Waals surface area (Å²) >= 11 is 6.20. The lowest BCUT2D eigenvalue weighted by molar-refractivity contribution is -0.121. The van der Waals surface area contributed by atoms with E-state index in [2.05, 4.69) is 20.4 Å². The molecule has 2 aromatic carbocycles. The number of aromatic nitrogens is 2. The lowest BCUT2D eigenvalue weighted by atomic mass is 9.97. The van der Waals surface area contributed by atoms with Crippen molar-refractivity contribution in [3.05, 3.63) is 65.5 Å². The lowest BCUT2D eigenvalue weighted by Gasteiger charge is -2.30. The molecule has 1 aromatic heterocycles. The number of anilines is 1.